The van der Waals surface area contributed by atoms with E-state index in [0.717, 1.165) is 12.0 Å². The molecule has 0 saturated carbocycles. The van der Waals surface area contributed by atoms with E-state index >= 15 is 0 Å². The van der Waals surface area contributed by atoms with E-state index in [-0.39, 0.29) is 10.7 Å². The fourth-order valence-electron chi connectivity index (χ4n) is 2.02. The van der Waals surface area contributed by atoms with Crippen LogP contribution in [0.25, 0.3) is 0 Å². The number of ether oxygens (including phenoxy) is 2. The summed E-state index contributed by atoms with van der Waals surface area (Å²) in [6, 6.07) is 5.73. The van der Waals surface area contributed by atoms with Gasteiger partial charge in [-0.05, 0) is 29.7 Å². The number of benzene rings is 1. The van der Waals surface area contributed by atoms with Crippen molar-refractivity contribution in [2.24, 2.45) is 0 Å². The van der Waals surface area contributed by atoms with Crippen molar-refractivity contribution in [3.05, 3.63) is 34.9 Å². The van der Waals surface area contributed by atoms with Crippen molar-refractivity contribution in [3.63, 3.8) is 0 Å². The zero-order valence-electron chi connectivity index (χ0n) is 10.9. The lowest BCUT2D eigenvalue weighted by Gasteiger charge is -2.10. The number of fused-ring (bicyclic) bond motifs is 1. The Morgan fingerprint density at radius 3 is 3.05 bits per heavy atom. The summed E-state index contributed by atoms with van der Waals surface area (Å²) in [6.45, 7) is 2.53. The second-order valence-electron chi connectivity index (χ2n) is 4.57. The molecule has 19 heavy (non-hydrogen) atoms. The van der Waals surface area contributed by atoms with E-state index in [1.54, 1.807) is 7.11 Å². The maximum atomic E-state index is 12.0. The highest BCUT2D eigenvalue weighted by molar-refractivity contribution is 9.09. The van der Waals surface area contributed by atoms with E-state index in [2.05, 4.69) is 21.2 Å². The average Bonchev–Trinajstić information content (AvgIpc) is 2.86. The van der Waals surface area contributed by atoms with Crippen LogP contribution in [0, 0.1) is 0 Å². The number of alkyl halides is 1. The average molecular weight is 328 g/mol. The molecule has 1 aromatic carbocycles. The molecule has 1 aliphatic rings. The Kier molecular flexibility index (Phi) is 5.36. The van der Waals surface area contributed by atoms with Gasteiger partial charge in [0.05, 0.1) is 19.8 Å². The van der Waals surface area contributed by atoms with Crippen molar-refractivity contribution in [3.8, 4) is 0 Å². The summed E-state index contributed by atoms with van der Waals surface area (Å²) in [5.74, 6) is -0.0354. The molecule has 5 heteroatoms. The Labute approximate surface area is 121 Å². The second kappa shape index (κ2) is 7.03. The molecule has 1 aromatic rings. The maximum Gasteiger partial charge on any atom is 0.251 e. The van der Waals surface area contributed by atoms with Crippen molar-refractivity contribution in [2.45, 2.75) is 24.5 Å². The van der Waals surface area contributed by atoms with Crippen molar-refractivity contribution in [1.29, 1.82) is 0 Å². The summed E-state index contributed by atoms with van der Waals surface area (Å²) in [7, 11) is 1.67. The Morgan fingerprint density at radius 1 is 1.47 bits per heavy atom. The van der Waals surface area contributed by atoms with Crippen LogP contribution in [0.1, 0.15) is 27.9 Å². The standard InChI is InChI=1S/C14H18BrNO3/c1-18-9-13(15)4-5-16-14(17)10-2-3-11-7-19-8-12(11)6-10/h2-3,6,13H,4-5,7-9H2,1H3,(H,16,17). The fourth-order valence-corrected chi connectivity index (χ4v) is 2.52. The van der Waals surface area contributed by atoms with E-state index in [9.17, 15) is 4.79 Å². The highest BCUT2D eigenvalue weighted by Gasteiger charge is 2.14. The molecular formula is C14H18BrNO3. The zero-order valence-corrected chi connectivity index (χ0v) is 12.5. The van der Waals surface area contributed by atoms with E-state index < -0.39 is 0 Å². The van der Waals surface area contributed by atoms with Crippen LogP contribution in [0.5, 0.6) is 0 Å². The molecule has 0 fully saturated rings. The lowest BCUT2D eigenvalue weighted by Crippen LogP contribution is -2.27. The smallest absolute Gasteiger partial charge is 0.251 e. The fraction of sp³-hybridized carbons (Fsp3) is 0.500. The molecule has 1 unspecified atom stereocenters. The molecule has 0 aliphatic carbocycles. The maximum absolute atomic E-state index is 12.0. The molecule has 1 N–H and O–H groups in total. The molecule has 104 valence electrons. The van der Waals surface area contributed by atoms with Gasteiger partial charge in [0.15, 0.2) is 0 Å². The summed E-state index contributed by atoms with van der Waals surface area (Å²) >= 11 is 3.49. The van der Waals surface area contributed by atoms with Gasteiger partial charge in [-0.1, -0.05) is 22.0 Å². The van der Waals surface area contributed by atoms with Crippen LogP contribution in [0.4, 0.5) is 0 Å². The Hall–Kier alpha value is -0.910. The van der Waals surface area contributed by atoms with Gasteiger partial charge in [0, 0.05) is 24.0 Å². The normalized spacial score (nSPS) is 15.1. The van der Waals surface area contributed by atoms with Gasteiger partial charge in [0.1, 0.15) is 0 Å². The third kappa shape index (κ3) is 4.03. The molecule has 1 amide bonds. The molecule has 0 saturated heterocycles. The number of carbonyl (C=O) groups is 1. The molecule has 1 aliphatic heterocycles. The minimum atomic E-state index is -0.0354. The van der Waals surface area contributed by atoms with Crippen LogP contribution >= 0.6 is 15.9 Å². The Bertz CT molecular complexity index is 450. The van der Waals surface area contributed by atoms with Crippen LogP contribution < -0.4 is 5.32 Å². The van der Waals surface area contributed by atoms with Crippen molar-refractivity contribution in [1.82, 2.24) is 5.32 Å². The Morgan fingerprint density at radius 2 is 2.26 bits per heavy atom. The van der Waals surface area contributed by atoms with Gasteiger partial charge in [-0.15, -0.1) is 0 Å². The van der Waals surface area contributed by atoms with Gasteiger partial charge in [-0.2, -0.15) is 0 Å². The van der Waals surface area contributed by atoms with E-state index in [1.165, 1.54) is 5.56 Å². The van der Waals surface area contributed by atoms with Crippen molar-refractivity contribution in [2.75, 3.05) is 20.3 Å². The first kappa shape index (κ1) is 14.5. The van der Waals surface area contributed by atoms with Gasteiger partial charge in [0.2, 0.25) is 0 Å². The number of methoxy groups -OCH3 is 1. The van der Waals surface area contributed by atoms with Gasteiger partial charge in [-0.25, -0.2) is 0 Å². The number of hydrogen-bond donors (Lipinski definition) is 1. The van der Waals surface area contributed by atoms with Crippen LogP contribution in [-0.2, 0) is 22.7 Å². The molecule has 0 bridgehead atoms. The lowest BCUT2D eigenvalue weighted by atomic mass is 10.1. The van der Waals surface area contributed by atoms with Gasteiger partial charge >= 0.3 is 0 Å². The first-order chi connectivity index (χ1) is 9.20. The summed E-state index contributed by atoms with van der Waals surface area (Å²) in [5.41, 5.74) is 2.99. The van der Waals surface area contributed by atoms with Crippen LogP contribution in [0.15, 0.2) is 18.2 Å². The minimum absolute atomic E-state index is 0.0354. The molecule has 1 heterocycles. The van der Waals surface area contributed by atoms with Gasteiger partial charge in [-0.3, -0.25) is 4.79 Å². The Balaban J connectivity index is 1.83. The van der Waals surface area contributed by atoms with Crippen molar-refractivity contribution >= 4 is 21.8 Å². The number of nitrogens with one attached hydrogen (secondary N) is 1. The second-order valence-corrected chi connectivity index (χ2v) is 5.87. The monoisotopic (exact) mass is 327 g/mol. The molecule has 0 radical (unpaired) electrons. The zero-order chi connectivity index (χ0) is 13.7. The van der Waals surface area contributed by atoms with Gasteiger partial charge < -0.3 is 14.8 Å². The summed E-state index contributed by atoms with van der Waals surface area (Å²) in [5, 5.41) is 2.91. The highest BCUT2D eigenvalue weighted by Crippen LogP contribution is 2.20. The third-order valence-corrected chi connectivity index (χ3v) is 3.80. The highest BCUT2D eigenvalue weighted by atomic mass is 79.9. The summed E-state index contributed by atoms with van der Waals surface area (Å²) in [4.78, 5) is 12.3. The predicted octanol–water partition coefficient (Wildman–Crippen LogP) is 2.25. The van der Waals surface area contributed by atoms with E-state index in [1.807, 2.05) is 18.2 Å². The summed E-state index contributed by atoms with van der Waals surface area (Å²) < 4.78 is 10.4. The van der Waals surface area contributed by atoms with E-state index in [0.29, 0.717) is 31.9 Å². The lowest BCUT2D eigenvalue weighted by molar-refractivity contribution is 0.0951. The van der Waals surface area contributed by atoms with Gasteiger partial charge in [0.25, 0.3) is 5.91 Å². The number of amides is 1. The number of hydrogen-bond acceptors (Lipinski definition) is 3. The molecule has 4 nitrogen and oxygen atoms in total. The largest absolute Gasteiger partial charge is 0.384 e. The number of carbonyl (C=O) groups excluding carboxylic acids is 1. The molecule has 1 atom stereocenters. The molecule has 0 spiro atoms. The third-order valence-electron chi connectivity index (χ3n) is 3.07. The predicted molar refractivity (Wildman–Crippen MR) is 76.5 cm³/mol. The van der Waals surface area contributed by atoms with Crippen LogP contribution in [0.2, 0.25) is 0 Å². The number of rotatable bonds is 6. The first-order valence-electron chi connectivity index (χ1n) is 6.31. The SMILES string of the molecule is COCC(Br)CCNC(=O)c1ccc2c(c1)COC2. The van der Waals surface area contributed by atoms with Crippen molar-refractivity contribution < 1.29 is 14.3 Å². The topological polar surface area (TPSA) is 47.6 Å². The minimum Gasteiger partial charge on any atom is -0.384 e. The van der Waals surface area contributed by atoms with Crippen LogP contribution in [-0.4, -0.2) is 31.0 Å². The quantitative estimate of drug-likeness (QED) is 0.815. The van der Waals surface area contributed by atoms with E-state index in [4.69, 9.17) is 9.47 Å². The molecular weight excluding hydrogens is 310 g/mol. The number of halogens is 1. The molecule has 0 aromatic heterocycles. The summed E-state index contributed by atoms with van der Waals surface area (Å²) in [6.07, 6.45) is 0.841. The van der Waals surface area contributed by atoms with Crippen LogP contribution in [0.3, 0.4) is 0 Å². The first-order valence-corrected chi connectivity index (χ1v) is 7.23. The molecule has 2 rings (SSSR count).